The molecule has 0 aliphatic heterocycles. The molecule has 1 aromatic heterocycles. The highest BCUT2D eigenvalue weighted by atomic mass is 79.9. The summed E-state index contributed by atoms with van der Waals surface area (Å²) < 4.78 is 1.05. The Morgan fingerprint density at radius 1 is 1.07 bits per heavy atom. The molecule has 2 nitrogen and oxygen atoms in total. The molecule has 1 N–H and O–H groups in total. The van der Waals surface area contributed by atoms with E-state index in [-0.39, 0.29) is 0 Å². The van der Waals surface area contributed by atoms with Gasteiger partial charge in [0, 0.05) is 16.4 Å². The molecule has 0 aliphatic carbocycles. The van der Waals surface area contributed by atoms with Crippen LogP contribution in [-0.2, 0) is 0 Å². The van der Waals surface area contributed by atoms with Crippen LogP contribution in [0.5, 0.6) is 0 Å². The molecule has 4 heteroatoms. The van der Waals surface area contributed by atoms with Gasteiger partial charge in [0.05, 0.1) is 5.02 Å². The minimum absolute atomic E-state index is 0.636. The van der Waals surface area contributed by atoms with Crippen molar-refractivity contribution in [1.82, 2.24) is 4.98 Å². The molecule has 0 saturated heterocycles. The van der Waals surface area contributed by atoms with Crippen molar-refractivity contribution in [1.29, 1.82) is 0 Å². The number of nitrogens with zero attached hydrogens (tertiary/aromatic N) is 1. The summed E-state index contributed by atoms with van der Waals surface area (Å²) in [6.07, 6.45) is 1.61. The van der Waals surface area contributed by atoms with Crippen molar-refractivity contribution in [2.45, 2.75) is 0 Å². The summed E-state index contributed by atoms with van der Waals surface area (Å²) in [5.41, 5.74) is 0.994. The fraction of sp³-hybridized carbons (Fsp3) is 0. The first-order valence-corrected chi connectivity index (χ1v) is 5.55. The van der Waals surface area contributed by atoms with Gasteiger partial charge in [-0.05, 0) is 36.4 Å². The standard InChI is InChI=1S/C11H8BrClN2/c12-8-1-4-10(5-2-8)15-11-6-3-9(13)7-14-11/h1-7H,(H,14,15). The Kier molecular flexibility index (Phi) is 3.23. The minimum Gasteiger partial charge on any atom is -0.340 e. The number of hydrogen-bond donors (Lipinski definition) is 1. The van der Waals surface area contributed by atoms with Crippen LogP contribution in [0.3, 0.4) is 0 Å². The molecule has 0 atom stereocenters. The van der Waals surface area contributed by atoms with Crippen LogP contribution in [0, 0.1) is 0 Å². The first-order valence-electron chi connectivity index (χ1n) is 4.38. The maximum absolute atomic E-state index is 5.74. The quantitative estimate of drug-likeness (QED) is 0.891. The number of benzene rings is 1. The topological polar surface area (TPSA) is 24.9 Å². The van der Waals surface area contributed by atoms with Crippen LogP contribution in [-0.4, -0.2) is 4.98 Å². The summed E-state index contributed by atoms with van der Waals surface area (Å²) in [6.45, 7) is 0. The molecule has 0 unspecified atom stereocenters. The molecule has 2 rings (SSSR count). The van der Waals surface area contributed by atoms with Crippen LogP contribution in [0.15, 0.2) is 47.1 Å². The SMILES string of the molecule is Clc1ccc(Nc2ccc(Br)cc2)nc1. The summed E-state index contributed by atoms with van der Waals surface area (Å²) in [6, 6.07) is 11.5. The summed E-state index contributed by atoms with van der Waals surface area (Å²) in [5.74, 6) is 0.779. The number of hydrogen-bond acceptors (Lipinski definition) is 2. The maximum Gasteiger partial charge on any atom is 0.130 e. The van der Waals surface area contributed by atoms with Crippen molar-refractivity contribution in [2.24, 2.45) is 0 Å². The molecule has 0 aliphatic rings. The Morgan fingerprint density at radius 2 is 1.80 bits per heavy atom. The highest BCUT2D eigenvalue weighted by Gasteiger charge is 1.95. The van der Waals surface area contributed by atoms with E-state index < -0.39 is 0 Å². The molecule has 2 aromatic rings. The van der Waals surface area contributed by atoms with Gasteiger partial charge in [0.1, 0.15) is 5.82 Å². The zero-order valence-corrected chi connectivity index (χ0v) is 10.1. The molecule has 0 bridgehead atoms. The minimum atomic E-state index is 0.636. The van der Waals surface area contributed by atoms with E-state index in [4.69, 9.17) is 11.6 Å². The Hall–Kier alpha value is -1.06. The highest BCUT2D eigenvalue weighted by Crippen LogP contribution is 2.18. The van der Waals surface area contributed by atoms with Crippen LogP contribution >= 0.6 is 27.5 Å². The van der Waals surface area contributed by atoms with Gasteiger partial charge in [-0.2, -0.15) is 0 Å². The summed E-state index contributed by atoms with van der Waals surface area (Å²) in [5, 5.41) is 3.80. The first kappa shape index (κ1) is 10.5. The zero-order chi connectivity index (χ0) is 10.7. The lowest BCUT2D eigenvalue weighted by Crippen LogP contribution is -1.92. The van der Waals surface area contributed by atoms with Crippen molar-refractivity contribution in [3.05, 3.63) is 52.1 Å². The van der Waals surface area contributed by atoms with Gasteiger partial charge < -0.3 is 5.32 Å². The van der Waals surface area contributed by atoms with Crippen molar-refractivity contribution in [2.75, 3.05) is 5.32 Å². The van der Waals surface area contributed by atoms with E-state index in [0.717, 1.165) is 16.0 Å². The van der Waals surface area contributed by atoms with Gasteiger partial charge >= 0.3 is 0 Å². The Labute approximate surface area is 101 Å². The predicted molar refractivity (Wildman–Crippen MR) is 66.7 cm³/mol. The molecule has 0 spiro atoms. The van der Waals surface area contributed by atoms with Crippen LogP contribution in [0.1, 0.15) is 0 Å². The van der Waals surface area contributed by atoms with E-state index in [9.17, 15) is 0 Å². The second-order valence-electron chi connectivity index (χ2n) is 2.99. The number of anilines is 2. The predicted octanol–water partition coefficient (Wildman–Crippen LogP) is 4.24. The lowest BCUT2D eigenvalue weighted by Gasteiger charge is -2.04. The van der Waals surface area contributed by atoms with E-state index >= 15 is 0 Å². The van der Waals surface area contributed by atoms with E-state index in [1.807, 2.05) is 30.3 Å². The van der Waals surface area contributed by atoms with Crippen LogP contribution < -0.4 is 5.32 Å². The number of aromatic nitrogens is 1. The fourth-order valence-electron chi connectivity index (χ4n) is 1.13. The zero-order valence-electron chi connectivity index (χ0n) is 7.74. The lowest BCUT2D eigenvalue weighted by molar-refractivity contribution is 1.31. The maximum atomic E-state index is 5.74. The van der Waals surface area contributed by atoms with E-state index in [0.29, 0.717) is 5.02 Å². The molecule has 1 heterocycles. The molecule has 1 aromatic carbocycles. The van der Waals surface area contributed by atoms with E-state index in [2.05, 4.69) is 26.2 Å². The van der Waals surface area contributed by atoms with Gasteiger partial charge in [0.2, 0.25) is 0 Å². The Balaban J connectivity index is 2.15. The smallest absolute Gasteiger partial charge is 0.130 e. The number of halogens is 2. The molecule has 0 saturated carbocycles. The summed E-state index contributed by atoms with van der Waals surface area (Å²) in [4.78, 5) is 4.14. The fourth-order valence-corrected chi connectivity index (χ4v) is 1.51. The van der Waals surface area contributed by atoms with Gasteiger partial charge in [0.15, 0.2) is 0 Å². The molecule has 0 radical (unpaired) electrons. The van der Waals surface area contributed by atoms with Gasteiger partial charge in [0.25, 0.3) is 0 Å². The highest BCUT2D eigenvalue weighted by molar-refractivity contribution is 9.10. The second kappa shape index (κ2) is 4.64. The van der Waals surface area contributed by atoms with E-state index in [1.165, 1.54) is 0 Å². The summed E-state index contributed by atoms with van der Waals surface area (Å²) in [7, 11) is 0. The molecule has 15 heavy (non-hydrogen) atoms. The lowest BCUT2D eigenvalue weighted by atomic mass is 10.3. The Morgan fingerprint density at radius 3 is 2.40 bits per heavy atom. The first-order chi connectivity index (χ1) is 7.24. The van der Waals surface area contributed by atoms with Gasteiger partial charge in [-0.3, -0.25) is 0 Å². The van der Waals surface area contributed by atoms with Gasteiger partial charge in [-0.15, -0.1) is 0 Å². The normalized spacial score (nSPS) is 10.0. The van der Waals surface area contributed by atoms with Crippen LogP contribution in [0.25, 0.3) is 0 Å². The van der Waals surface area contributed by atoms with Crippen molar-refractivity contribution >= 4 is 39.0 Å². The second-order valence-corrected chi connectivity index (χ2v) is 4.35. The Bertz CT molecular complexity index is 396. The molecule has 76 valence electrons. The third-order valence-electron chi connectivity index (χ3n) is 1.84. The van der Waals surface area contributed by atoms with Crippen molar-refractivity contribution in [3.8, 4) is 0 Å². The molecule has 0 amide bonds. The number of pyridine rings is 1. The summed E-state index contributed by atoms with van der Waals surface area (Å²) >= 11 is 9.12. The van der Waals surface area contributed by atoms with Gasteiger partial charge in [-0.25, -0.2) is 4.98 Å². The van der Waals surface area contributed by atoms with Gasteiger partial charge in [-0.1, -0.05) is 27.5 Å². The largest absolute Gasteiger partial charge is 0.340 e. The number of rotatable bonds is 2. The van der Waals surface area contributed by atoms with Crippen LogP contribution in [0.4, 0.5) is 11.5 Å². The van der Waals surface area contributed by atoms with Crippen molar-refractivity contribution < 1.29 is 0 Å². The molecule has 0 fully saturated rings. The number of nitrogens with one attached hydrogen (secondary N) is 1. The third-order valence-corrected chi connectivity index (χ3v) is 2.60. The monoisotopic (exact) mass is 282 g/mol. The van der Waals surface area contributed by atoms with E-state index in [1.54, 1.807) is 12.3 Å². The third kappa shape index (κ3) is 2.94. The molecular formula is C11H8BrClN2. The van der Waals surface area contributed by atoms with Crippen molar-refractivity contribution in [3.63, 3.8) is 0 Å². The average Bonchev–Trinajstić information content (AvgIpc) is 2.25. The average molecular weight is 284 g/mol. The molecular weight excluding hydrogens is 275 g/mol. The van der Waals surface area contributed by atoms with Crippen LogP contribution in [0.2, 0.25) is 5.02 Å².